The van der Waals surface area contributed by atoms with Crippen LogP contribution in [0.4, 0.5) is 0 Å². The van der Waals surface area contributed by atoms with E-state index in [2.05, 4.69) is 5.32 Å². The van der Waals surface area contributed by atoms with Crippen molar-refractivity contribution in [2.75, 3.05) is 6.54 Å². The van der Waals surface area contributed by atoms with Crippen LogP contribution in [-0.4, -0.2) is 44.5 Å². The second-order valence-corrected chi connectivity index (χ2v) is 8.77. The number of amides is 3. The van der Waals surface area contributed by atoms with Crippen molar-refractivity contribution in [3.63, 3.8) is 0 Å². The van der Waals surface area contributed by atoms with Gasteiger partial charge in [0.25, 0.3) is 11.8 Å². The minimum atomic E-state index is -0.621. The molecule has 0 unspecified atom stereocenters. The molecule has 1 heterocycles. The topological polar surface area (TPSA) is 104 Å². The summed E-state index contributed by atoms with van der Waals surface area (Å²) in [6.45, 7) is 5.71. The zero-order chi connectivity index (χ0) is 23.5. The molecule has 0 radical (unpaired) electrons. The number of para-hydroxylation sites is 1. The predicted molar refractivity (Wildman–Crippen MR) is 121 cm³/mol. The molecule has 0 bridgehead atoms. The van der Waals surface area contributed by atoms with Gasteiger partial charge in [-0.2, -0.15) is 0 Å². The highest BCUT2D eigenvalue weighted by atomic mass is 16.5. The summed E-state index contributed by atoms with van der Waals surface area (Å²) in [4.78, 5) is 39.2. The maximum absolute atomic E-state index is 13.5. The maximum atomic E-state index is 13.5. The lowest BCUT2D eigenvalue weighted by Gasteiger charge is -2.26. The second-order valence-electron chi connectivity index (χ2n) is 8.77. The van der Waals surface area contributed by atoms with Crippen molar-refractivity contribution in [2.45, 2.75) is 32.9 Å². The van der Waals surface area contributed by atoms with Gasteiger partial charge in [-0.3, -0.25) is 19.6 Å². The first-order chi connectivity index (χ1) is 15.1. The first-order valence-corrected chi connectivity index (χ1v) is 10.3. The molecule has 3 rings (SSSR count). The number of benzene rings is 2. The number of nitrogens with one attached hydrogen (secondary N) is 2. The lowest BCUT2D eigenvalue weighted by Crippen LogP contribution is -2.47. The highest BCUT2D eigenvalue weighted by molar-refractivity contribution is 6.07. The summed E-state index contributed by atoms with van der Waals surface area (Å²) in [6, 6.07) is 14.1. The standard InChI is InChI=1S/C24H28N4O4/c1-24(2,3)25-21(29)15-28(13-16-9-11-17(12-10-16)22(30)26-32)23(31)19-14-27(4)20-8-6-5-7-18(19)20/h5-12,14,32H,13,15H2,1-4H3,(H,25,29)(H,26,30). The minimum Gasteiger partial charge on any atom is -0.350 e. The van der Waals surface area contributed by atoms with Gasteiger partial charge in [0.1, 0.15) is 6.54 Å². The van der Waals surface area contributed by atoms with Crippen LogP contribution in [0.1, 0.15) is 47.1 Å². The molecule has 0 aliphatic rings. The van der Waals surface area contributed by atoms with Gasteiger partial charge in [-0.1, -0.05) is 30.3 Å². The summed E-state index contributed by atoms with van der Waals surface area (Å²) in [5.74, 6) is -1.14. The molecular weight excluding hydrogens is 408 g/mol. The molecule has 1 aromatic heterocycles. The highest BCUT2D eigenvalue weighted by Crippen LogP contribution is 2.22. The average molecular weight is 437 g/mol. The van der Waals surface area contributed by atoms with Crippen LogP contribution in [0.3, 0.4) is 0 Å². The summed E-state index contributed by atoms with van der Waals surface area (Å²) in [6.07, 6.45) is 1.77. The van der Waals surface area contributed by atoms with Crippen LogP contribution < -0.4 is 10.8 Å². The number of nitrogens with zero attached hydrogens (tertiary/aromatic N) is 2. The fourth-order valence-electron chi connectivity index (χ4n) is 3.56. The molecule has 0 saturated heterocycles. The van der Waals surface area contributed by atoms with Crippen LogP contribution in [0.5, 0.6) is 0 Å². The summed E-state index contributed by atoms with van der Waals surface area (Å²) in [5.41, 5.74) is 3.64. The molecule has 0 saturated carbocycles. The van der Waals surface area contributed by atoms with E-state index in [0.29, 0.717) is 5.56 Å². The van der Waals surface area contributed by atoms with Crippen LogP contribution in [0.25, 0.3) is 10.9 Å². The first-order valence-electron chi connectivity index (χ1n) is 10.3. The van der Waals surface area contributed by atoms with Crippen LogP contribution in [0, 0.1) is 0 Å². The van der Waals surface area contributed by atoms with Crippen molar-refractivity contribution in [3.8, 4) is 0 Å². The summed E-state index contributed by atoms with van der Waals surface area (Å²) in [5, 5.41) is 12.5. The van der Waals surface area contributed by atoms with Gasteiger partial charge < -0.3 is 14.8 Å². The molecule has 3 aromatic rings. The Morgan fingerprint density at radius 3 is 2.31 bits per heavy atom. The normalized spacial score (nSPS) is 11.3. The number of carbonyl (C=O) groups excluding carboxylic acids is 3. The van der Waals surface area contributed by atoms with Gasteiger partial charge in [-0.15, -0.1) is 0 Å². The molecule has 168 valence electrons. The lowest BCUT2D eigenvalue weighted by atomic mass is 10.1. The van der Waals surface area contributed by atoms with Crippen LogP contribution in [-0.2, 0) is 18.4 Å². The van der Waals surface area contributed by atoms with E-state index < -0.39 is 11.4 Å². The Kier molecular flexibility index (Phi) is 6.64. The molecule has 2 aromatic carbocycles. The average Bonchev–Trinajstić information content (AvgIpc) is 3.08. The molecule has 0 spiro atoms. The van der Waals surface area contributed by atoms with E-state index in [1.54, 1.807) is 35.9 Å². The Bertz CT molecular complexity index is 1140. The van der Waals surface area contributed by atoms with Gasteiger partial charge >= 0.3 is 0 Å². The zero-order valence-corrected chi connectivity index (χ0v) is 18.7. The molecule has 0 aliphatic heterocycles. The predicted octanol–water partition coefficient (Wildman–Crippen LogP) is 2.85. The fraction of sp³-hybridized carbons (Fsp3) is 0.292. The number of hydroxylamine groups is 1. The van der Waals surface area contributed by atoms with Crippen LogP contribution in [0.15, 0.2) is 54.7 Å². The quantitative estimate of drug-likeness (QED) is 0.408. The Morgan fingerprint density at radius 1 is 1.03 bits per heavy atom. The van der Waals surface area contributed by atoms with Crippen molar-refractivity contribution in [1.29, 1.82) is 0 Å². The highest BCUT2D eigenvalue weighted by Gasteiger charge is 2.24. The summed E-state index contributed by atoms with van der Waals surface area (Å²) < 4.78 is 1.89. The third-order valence-electron chi connectivity index (χ3n) is 4.95. The molecule has 0 atom stereocenters. The van der Waals surface area contributed by atoms with Gasteiger partial charge in [0.05, 0.1) is 5.56 Å². The van der Waals surface area contributed by atoms with Crippen molar-refractivity contribution in [1.82, 2.24) is 20.3 Å². The molecule has 3 N–H and O–H groups in total. The largest absolute Gasteiger partial charge is 0.350 e. The van der Waals surface area contributed by atoms with E-state index in [-0.39, 0.29) is 30.5 Å². The molecule has 8 nitrogen and oxygen atoms in total. The fourth-order valence-corrected chi connectivity index (χ4v) is 3.56. The Morgan fingerprint density at radius 2 is 1.69 bits per heavy atom. The molecule has 8 heteroatoms. The monoisotopic (exact) mass is 436 g/mol. The van der Waals surface area contributed by atoms with Crippen molar-refractivity contribution < 1.29 is 19.6 Å². The third-order valence-corrected chi connectivity index (χ3v) is 4.95. The van der Waals surface area contributed by atoms with Gasteiger partial charge in [-0.25, -0.2) is 5.48 Å². The number of hydrogen-bond acceptors (Lipinski definition) is 4. The Balaban J connectivity index is 1.91. The number of hydrogen-bond donors (Lipinski definition) is 3. The van der Waals surface area contributed by atoms with Crippen LogP contribution >= 0.6 is 0 Å². The van der Waals surface area contributed by atoms with E-state index >= 15 is 0 Å². The van der Waals surface area contributed by atoms with Gasteiger partial charge in [0, 0.05) is 41.8 Å². The molecular formula is C24H28N4O4. The number of carbonyl (C=O) groups is 3. The Labute approximate surface area is 186 Å². The summed E-state index contributed by atoms with van der Waals surface area (Å²) >= 11 is 0. The number of aryl methyl sites for hydroxylation is 1. The smallest absolute Gasteiger partial charge is 0.274 e. The van der Waals surface area contributed by atoms with E-state index in [1.807, 2.05) is 56.7 Å². The lowest BCUT2D eigenvalue weighted by molar-refractivity contribution is -0.123. The van der Waals surface area contributed by atoms with E-state index in [9.17, 15) is 14.4 Å². The first kappa shape index (κ1) is 23.0. The van der Waals surface area contributed by atoms with E-state index in [4.69, 9.17) is 5.21 Å². The van der Waals surface area contributed by atoms with Gasteiger partial charge in [0.2, 0.25) is 5.91 Å². The van der Waals surface area contributed by atoms with Crippen molar-refractivity contribution >= 4 is 28.6 Å². The van der Waals surface area contributed by atoms with E-state index in [1.165, 1.54) is 4.90 Å². The number of fused-ring (bicyclic) bond motifs is 1. The van der Waals surface area contributed by atoms with Crippen molar-refractivity contribution in [2.24, 2.45) is 7.05 Å². The van der Waals surface area contributed by atoms with E-state index in [0.717, 1.165) is 16.5 Å². The summed E-state index contributed by atoms with van der Waals surface area (Å²) in [7, 11) is 1.88. The minimum absolute atomic E-state index is 0.113. The molecule has 0 fully saturated rings. The van der Waals surface area contributed by atoms with Crippen molar-refractivity contribution in [3.05, 3.63) is 71.4 Å². The SMILES string of the molecule is Cn1cc(C(=O)N(CC(=O)NC(C)(C)C)Cc2ccc(C(=O)NO)cc2)c2ccccc21. The second kappa shape index (κ2) is 9.23. The van der Waals surface area contributed by atoms with Gasteiger partial charge in [-0.05, 0) is 44.5 Å². The zero-order valence-electron chi connectivity index (χ0n) is 18.7. The van der Waals surface area contributed by atoms with Crippen LogP contribution in [0.2, 0.25) is 0 Å². The third kappa shape index (κ3) is 5.33. The molecule has 0 aliphatic carbocycles. The Hall–Kier alpha value is -3.65. The molecule has 32 heavy (non-hydrogen) atoms. The van der Waals surface area contributed by atoms with Gasteiger partial charge in [0.15, 0.2) is 0 Å². The number of rotatable bonds is 6. The maximum Gasteiger partial charge on any atom is 0.274 e. The molecule has 3 amide bonds. The number of aromatic nitrogens is 1.